The van der Waals surface area contributed by atoms with Crippen molar-refractivity contribution in [3.8, 4) is 5.75 Å². The Morgan fingerprint density at radius 2 is 1.65 bits per heavy atom. The lowest BCUT2D eigenvalue weighted by Gasteiger charge is -2.08. The molecule has 0 saturated carbocycles. The molecule has 1 amide bonds. The largest absolute Gasteiger partial charge is 0.497 e. The normalized spacial score (nSPS) is 10.5. The summed E-state index contributed by atoms with van der Waals surface area (Å²) >= 11 is 0. The van der Waals surface area contributed by atoms with Gasteiger partial charge in [-0.2, -0.15) is 0 Å². The summed E-state index contributed by atoms with van der Waals surface area (Å²) < 4.78 is 5.23. The molecule has 0 aliphatic heterocycles. The van der Waals surface area contributed by atoms with E-state index >= 15 is 0 Å². The molecule has 0 aliphatic carbocycles. The van der Waals surface area contributed by atoms with Crippen molar-refractivity contribution in [2.75, 3.05) is 7.11 Å². The Kier molecular flexibility index (Phi) is 4.29. The monoisotopic (exact) mass is 305 g/mol. The summed E-state index contributed by atoms with van der Waals surface area (Å²) in [5.41, 5.74) is 2.90. The smallest absolute Gasteiger partial charge is 0.251 e. The molecule has 1 N–H and O–H groups in total. The van der Waals surface area contributed by atoms with E-state index < -0.39 is 0 Å². The van der Waals surface area contributed by atoms with Crippen LogP contribution in [-0.2, 0) is 6.54 Å². The fourth-order valence-electron chi connectivity index (χ4n) is 2.50. The number of rotatable bonds is 4. The van der Waals surface area contributed by atoms with Crippen LogP contribution in [0.2, 0.25) is 0 Å². The molecule has 0 atom stereocenters. The number of amides is 1. The highest BCUT2D eigenvalue weighted by atomic mass is 16.5. The van der Waals surface area contributed by atoms with Gasteiger partial charge in [-0.15, -0.1) is 0 Å². The zero-order chi connectivity index (χ0) is 16.2. The van der Waals surface area contributed by atoms with Crippen molar-refractivity contribution in [3.05, 3.63) is 77.4 Å². The maximum Gasteiger partial charge on any atom is 0.251 e. The van der Waals surface area contributed by atoms with Crippen molar-refractivity contribution in [1.29, 1.82) is 0 Å². The lowest BCUT2D eigenvalue weighted by molar-refractivity contribution is 0.0951. The van der Waals surface area contributed by atoms with Crippen LogP contribution >= 0.6 is 0 Å². The van der Waals surface area contributed by atoms with Crippen molar-refractivity contribution in [2.45, 2.75) is 13.5 Å². The molecular formula is C20H19NO2. The summed E-state index contributed by atoms with van der Waals surface area (Å²) in [4.78, 5) is 12.1. The van der Waals surface area contributed by atoms with Crippen LogP contribution in [0.15, 0.2) is 60.7 Å². The van der Waals surface area contributed by atoms with Gasteiger partial charge in [0.05, 0.1) is 7.11 Å². The van der Waals surface area contributed by atoms with Gasteiger partial charge in [0.15, 0.2) is 0 Å². The second kappa shape index (κ2) is 6.53. The summed E-state index contributed by atoms with van der Waals surface area (Å²) in [6.07, 6.45) is 0. The Labute approximate surface area is 135 Å². The topological polar surface area (TPSA) is 38.3 Å². The van der Waals surface area contributed by atoms with E-state index in [9.17, 15) is 4.79 Å². The van der Waals surface area contributed by atoms with Crippen LogP contribution in [0.25, 0.3) is 10.8 Å². The van der Waals surface area contributed by atoms with Crippen LogP contribution in [0.3, 0.4) is 0 Å². The predicted molar refractivity (Wildman–Crippen MR) is 92.8 cm³/mol. The zero-order valence-corrected chi connectivity index (χ0v) is 13.3. The highest BCUT2D eigenvalue weighted by molar-refractivity contribution is 5.94. The molecule has 0 aromatic heterocycles. The molecule has 3 aromatic rings. The molecule has 0 fully saturated rings. The number of hydrogen-bond donors (Lipinski definition) is 1. The molecule has 3 aromatic carbocycles. The molecule has 0 saturated heterocycles. The van der Waals surface area contributed by atoms with Crippen molar-refractivity contribution < 1.29 is 9.53 Å². The summed E-state index contributed by atoms with van der Waals surface area (Å²) in [5.74, 6) is 0.790. The standard InChI is InChI=1S/C20H19NO2/c1-14-3-6-16(7-4-14)20(22)21-13-15-5-8-18-12-19(23-2)10-9-17(18)11-15/h3-12H,13H2,1-2H3,(H,21,22). The first-order valence-electron chi connectivity index (χ1n) is 7.57. The van der Waals surface area contributed by atoms with Gasteiger partial charge in [-0.25, -0.2) is 0 Å². The van der Waals surface area contributed by atoms with Gasteiger partial charge >= 0.3 is 0 Å². The van der Waals surface area contributed by atoms with Crippen LogP contribution in [0, 0.1) is 6.92 Å². The summed E-state index contributed by atoms with van der Waals surface area (Å²) in [7, 11) is 1.66. The maximum atomic E-state index is 12.1. The molecule has 0 heterocycles. The number of benzene rings is 3. The number of nitrogens with one attached hydrogen (secondary N) is 1. The first kappa shape index (κ1) is 15.1. The predicted octanol–water partition coefficient (Wildman–Crippen LogP) is 4.09. The minimum atomic E-state index is -0.0557. The first-order valence-corrected chi connectivity index (χ1v) is 7.57. The number of fused-ring (bicyclic) bond motifs is 1. The number of methoxy groups -OCH3 is 1. The van der Waals surface area contributed by atoms with Crippen molar-refractivity contribution in [3.63, 3.8) is 0 Å². The van der Waals surface area contributed by atoms with Gasteiger partial charge in [0.1, 0.15) is 5.75 Å². The van der Waals surface area contributed by atoms with Crippen molar-refractivity contribution in [2.24, 2.45) is 0 Å². The summed E-state index contributed by atoms with van der Waals surface area (Å²) in [5, 5.41) is 5.21. The SMILES string of the molecule is COc1ccc2cc(CNC(=O)c3ccc(C)cc3)ccc2c1. The summed E-state index contributed by atoms with van der Waals surface area (Å²) in [6.45, 7) is 2.51. The van der Waals surface area contributed by atoms with E-state index in [-0.39, 0.29) is 5.91 Å². The van der Waals surface area contributed by atoms with Crippen molar-refractivity contribution >= 4 is 16.7 Å². The number of hydrogen-bond acceptors (Lipinski definition) is 2. The quantitative estimate of drug-likeness (QED) is 0.788. The average molecular weight is 305 g/mol. The molecular weight excluding hydrogens is 286 g/mol. The summed E-state index contributed by atoms with van der Waals surface area (Å²) in [6, 6.07) is 19.7. The Hall–Kier alpha value is -2.81. The minimum Gasteiger partial charge on any atom is -0.497 e. The third-order valence-electron chi connectivity index (χ3n) is 3.88. The molecule has 0 bridgehead atoms. The van der Waals surface area contributed by atoms with Crippen LogP contribution in [0.4, 0.5) is 0 Å². The Balaban J connectivity index is 1.71. The van der Waals surface area contributed by atoms with E-state index in [1.165, 1.54) is 0 Å². The molecule has 3 heteroatoms. The highest BCUT2D eigenvalue weighted by Crippen LogP contribution is 2.21. The highest BCUT2D eigenvalue weighted by Gasteiger charge is 2.05. The van der Waals surface area contributed by atoms with Gasteiger partial charge in [-0.1, -0.05) is 35.9 Å². The molecule has 23 heavy (non-hydrogen) atoms. The van der Waals surface area contributed by atoms with Crippen LogP contribution < -0.4 is 10.1 Å². The Bertz CT molecular complexity index is 838. The van der Waals surface area contributed by atoms with E-state index in [0.29, 0.717) is 12.1 Å². The van der Waals surface area contributed by atoms with E-state index in [1.54, 1.807) is 7.11 Å². The van der Waals surface area contributed by atoms with E-state index in [1.807, 2.05) is 61.5 Å². The molecule has 116 valence electrons. The zero-order valence-electron chi connectivity index (χ0n) is 13.3. The number of ether oxygens (including phenoxy) is 1. The number of carbonyl (C=O) groups excluding carboxylic acids is 1. The van der Waals surface area contributed by atoms with Crippen LogP contribution in [0.1, 0.15) is 21.5 Å². The van der Waals surface area contributed by atoms with Crippen molar-refractivity contribution in [1.82, 2.24) is 5.32 Å². The third-order valence-corrected chi connectivity index (χ3v) is 3.88. The molecule has 0 unspecified atom stereocenters. The van der Waals surface area contributed by atoms with Gasteiger partial charge < -0.3 is 10.1 Å². The van der Waals surface area contributed by atoms with Gasteiger partial charge in [-0.3, -0.25) is 4.79 Å². The fraction of sp³-hybridized carbons (Fsp3) is 0.150. The van der Waals surface area contributed by atoms with Crippen LogP contribution in [0.5, 0.6) is 5.75 Å². The van der Waals surface area contributed by atoms with E-state index in [0.717, 1.165) is 27.6 Å². The Morgan fingerprint density at radius 3 is 2.39 bits per heavy atom. The van der Waals surface area contributed by atoms with E-state index in [2.05, 4.69) is 11.4 Å². The number of aryl methyl sites for hydroxylation is 1. The Morgan fingerprint density at radius 1 is 0.957 bits per heavy atom. The van der Waals surface area contributed by atoms with E-state index in [4.69, 9.17) is 4.74 Å². The van der Waals surface area contributed by atoms with Gasteiger partial charge in [0.25, 0.3) is 5.91 Å². The fourth-order valence-corrected chi connectivity index (χ4v) is 2.50. The second-order valence-corrected chi connectivity index (χ2v) is 5.60. The molecule has 0 spiro atoms. The minimum absolute atomic E-state index is 0.0557. The lowest BCUT2D eigenvalue weighted by atomic mass is 10.1. The number of carbonyl (C=O) groups is 1. The lowest BCUT2D eigenvalue weighted by Crippen LogP contribution is -2.22. The van der Waals surface area contributed by atoms with Gasteiger partial charge in [0, 0.05) is 12.1 Å². The first-order chi connectivity index (χ1) is 11.2. The molecule has 3 rings (SSSR count). The van der Waals surface area contributed by atoms with Gasteiger partial charge in [-0.05, 0) is 53.6 Å². The molecule has 0 radical (unpaired) electrons. The van der Waals surface area contributed by atoms with Crippen LogP contribution in [-0.4, -0.2) is 13.0 Å². The molecule has 0 aliphatic rings. The average Bonchev–Trinajstić information content (AvgIpc) is 2.59. The third kappa shape index (κ3) is 3.51. The maximum absolute atomic E-state index is 12.1. The molecule has 3 nitrogen and oxygen atoms in total. The second-order valence-electron chi connectivity index (χ2n) is 5.60. The van der Waals surface area contributed by atoms with Gasteiger partial charge in [0.2, 0.25) is 0 Å².